The molecule has 3 nitrogen and oxygen atoms in total. The molecule has 1 rings (SSSR count). The lowest BCUT2D eigenvalue weighted by atomic mass is 9.89. The molecule has 0 radical (unpaired) electrons. The van der Waals surface area contributed by atoms with E-state index >= 15 is 0 Å². The molecule has 0 amide bonds. The van der Waals surface area contributed by atoms with E-state index < -0.39 is 8.07 Å². The van der Waals surface area contributed by atoms with Crippen LogP contribution in [0.15, 0.2) is 0 Å². The Hall–Kier alpha value is 0.0969. The molecule has 1 unspecified atom stereocenters. The number of ether oxygens (including phenoxy) is 2. The van der Waals surface area contributed by atoms with E-state index in [1.54, 1.807) is 7.11 Å². The SMILES string of the molecule is COCCNCC1(C[Si](C)(C)C)CCOC1. The third kappa shape index (κ3) is 4.95. The van der Waals surface area contributed by atoms with Gasteiger partial charge in [-0.1, -0.05) is 19.6 Å². The zero-order valence-corrected chi connectivity index (χ0v) is 12.3. The molecular weight excluding hydrogens is 218 g/mol. The molecule has 0 spiro atoms. The molecular formula is C12H27NO2Si. The Bertz CT molecular complexity index is 198. The molecule has 0 aliphatic carbocycles. The van der Waals surface area contributed by atoms with Crippen molar-refractivity contribution in [1.29, 1.82) is 0 Å². The van der Waals surface area contributed by atoms with Gasteiger partial charge in [-0.2, -0.15) is 0 Å². The van der Waals surface area contributed by atoms with Crippen LogP contribution in [0, 0.1) is 5.41 Å². The Balaban J connectivity index is 2.39. The number of hydrogen-bond donors (Lipinski definition) is 1. The molecule has 4 heteroatoms. The van der Waals surface area contributed by atoms with Crippen LogP contribution in [0.3, 0.4) is 0 Å². The van der Waals surface area contributed by atoms with Gasteiger partial charge in [-0.3, -0.25) is 0 Å². The first-order valence-corrected chi connectivity index (χ1v) is 9.96. The van der Waals surface area contributed by atoms with Crippen LogP contribution in [-0.4, -0.2) is 48.1 Å². The van der Waals surface area contributed by atoms with E-state index in [0.29, 0.717) is 5.41 Å². The molecule has 0 aromatic heterocycles. The summed E-state index contributed by atoms with van der Waals surface area (Å²) < 4.78 is 10.7. The van der Waals surface area contributed by atoms with Gasteiger partial charge in [0.15, 0.2) is 0 Å². The van der Waals surface area contributed by atoms with Crippen LogP contribution in [0.5, 0.6) is 0 Å². The first kappa shape index (κ1) is 14.2. The van der Waals surface area contributed by atoms with Gasteiger partial charge in [-0.25, -0.2) is 0 Å². The first-order chi connectivity index (χ1) is 7.47. The quantitative estimate of drug-likeness (QED) is 0.549. The van der Waals surface area contributed by atoms with Crippen molar-refractivity contribution in [2.24, 2.45) is 5.41 Å². The number of nitrogens with one attached hydrogen (secondary N) is 1. The molecule has 0 bridgehead atoms. The Morgan fingerprint density at radius 3 is 2.62 bits per heavy atom. The summed E-state index contributed by atoms with van der Waals surface area (Å²) in [6.07, 6.45) is 1.22. The highest BCUT2D eigenvalue weighted by atomic mass is 28.3. The van der Waals surface area contributed by atoms with Gasteiger partial charge in [0.1, 0.15) is 0 Å². The Morgan fingerprint density at radius 2 is 2.12 bits per heavy atom. The van der Waals surface area contributed by atoms with E-state index in [0.717, 1.165) is 32.9 Å². The molecule has 1 fully saturated rings. The summed E-state index contributed by atoms with van der Waals surface area (Å²) in [5.41, 5.74) is 0.401. The second-order valence-electron chi connectivity index (χ2n) is 6.21. The second-order valence-corrected chi connectivity index (χ2v) is 11.7. The maximum absolute atomic E-state index is 5.61. The number of rotatable bonds is 7. The lowest BCUT2D eigenvalue weighted by molar-refractivity contribution is 0.153. The summed E-state index contributed by atoms with van der Waals surface area (Å²) in [5.74, 6) is 0. The van der Waals surface area contributed by atoms with E-state index in [1.807, 2.05) is 0 Å². The molecule has 0 saturated carbocycles. The van der Waals surface area contributed by atoms with Gasteiger partial charge >= 0.3 is 0 Å². The topological polar surface area (TPSA) is 30.5 Å². The van der Waals surface area contributed by atoms with Crippen molar-refractivity contribution >= 4 is 8.07 Å². The standard InChI is InChI=1S/C12H27NO2Si/c1-14-8-6-13-9-12(5-7-15-10-12)11-16(2,3)4/h13H,5-11H2,1-4H3. The Morgan fingerprint density at radius 1 is 1.38 bits per heavy atom. The molecule has 1 aliphatic heterocycles. The minimum atomic E-state index is -1.01. The fourth-order valence-electron chi connectivity index (χ4n) is 2.64. The normalized spacial score (nSPS) is 26.2. The molecule has 96 valence electrons. The summed E-state index contributed by atoms with van der Waals surface area (Å²) in [5, 5.41) is 3.51. The highest BCUT2D eigenvalue weighted by Crippen LogP contribution is 2.36. The lowest BCUT2D eigenvalue weighted by Gasteiger charge is -2.33. The zero-order valence-electron chi connectivity index (χ0n) is 11.3. The van der Waals surface area contributed by atoms with Gasteiger partial charge < -0.3 is 14.8 Å². The van der Waals surface area contributed by atoms with Crippen molar-refractivity contribution in [2.75, 3.05) is 40.0 Å². The first-order valence-electron chi connectivity index (χ1n) is 6.25. The third-order valence-corrected chi connectivity index (χ3v) is 4.88. The smallest absolute Gasteiger partial charge is 0.0587 e. The van der Waals surface area contributed by atoms with E-state index in [4.69, 9.17) is 9.47 Å². The number of methoxy groups -OCH3 is 1. The maximum Gasteiger partial charge on any atom is 0.0587 e. The van der Waals surface area contributed by atoms with Gasteiger partial charge in [-0.05, 0) is 12.5 Å². The van der Waals surface area contributed by atoms with Gasteiger partial charge in [0.05, 0.1) is 13.2 Å². The summed E-state index contributed by atoms with van der Waals surface area (Å²) in [6.45, 7) is 12.1. The van der Waals surface area contributed by atoms with Crippen LogP contribution in [0.1, 0.15) is 6.42 Å². The third-order valence-electron chi connectivity index (χ3n) is 3.07. The van der Waals surface area contributed by atoms with Gasteiger partial charge in [-0.15, -0.1) is 0 Å². The molecule has 1 saturated heterocycles. The van der Waals surface area contributed by atoms with Crippen molar-refractivity contribution in [3.63, 3.8) is 0 Å². The summed E-state index contributed by atoms with van der Waals surface area (Å²) in [6, 6.07) is 1.36. The fraction of sp³-hybridized carbons (Fsp3) is 1.00. The van der Waals surface area contributed by atoms with Crippen LogP contribution in [0.4, 0.5) is 0 Å². The van der Waals surface area contributed by atoms with E-state index in [-0.39, 0.29) is 0 Å². The molecule has 1 N–H and O–H groups in total. The second kappa shape index (κ2) is 6.14. The van der Waals surface area contributed by atoms with Crippen molar-refractivity contribution in [3.8, 4) is 0 Å². The van der Waals surface area contributed by atoms with Crippen LogP contribution in [0.2, 0.25) is 25.7 Å². The van der Waals surface area contributed by atoms with Crippen LogP contribution in [-0.2, 0) is 9.47 Å². The highest BCUT2D eigenvalue weighted by molar-refractivity contribution is 6.76. The Kier molecular flexibility index (Phi) is 5.44. The maximum atomic E-state index is 5.61. The van der Waals surface area contributed by atoms with Crippen LogP contribution in [0.25, 0.3) is 0 Å². The van der Waals surface area contributed by atoms with E-state index in [2.05, 4.69) is 25.0 Å². The van der Waals surface area contributed by atoms with Crippen molar-refractivity contribution in [1.82, 2.24) is 5.32 Å². The van der Waals surface area contributed by atoms with Crippen molar-refractivity contribution in [3.05, 3.63) is 0 Å². The van der Waals surface area contributed by atoms with Gasteiger partial charge in [0.2, 0.25) is 0 Å². The Labute approximate surface area is 101 Å². The van der Waals surface area contributed by atoms with Crippen LogP contribution < -0.4 is 5.32 Å². The minimum Gasteiger partial charge on any atom is -0.383 e. The largest absolute Gasteiger partial charge is 0.383 e. The van der Waals surface area contributed by atoms with Crippen molar-refractivity contribution in [2.45, 2.75) is 32.1 Å². The molecule has 1 atom stereocenters. The highest BCUT2D eigenvalue weighted by Gasteiger charge is 2.38. The average Bonchev–Trinajstić information content (AvgIpc) is 2.59. The van der Waals surface area contributed by atoms with Gasteiger partial charge in [0, 0.05) is 40.3 Å². The lowest BCUT2D eigenvalue weighted by Crippen LogP contribution is -2.41. The molecule has 0 aromatic carbocycles. The fourth-order valence-corrected chi connectivity index (χ4v) is 5.30. The predicted molar refractivity (Wildman–Crippen MR) is 70.8 cm³/mol. The average molecular weight is 245 g/mol. The molecule has 16 heavy (non-hydrogen) atoms. The predicted octanol–water partition coefficient (Wildman–Crippen LogP) is 1.97. The summed E-state index contributed by atoms with van der Waals surface area (Å²) in [4.78, 5) is 0. The monoisotopic (exact) mass is 245 g/mol. The van der Waals surface area contributed by atoms with E-state index in [1.165, 1.54) is 12.5 Å². The van der Waals surface area contributed by atoms with Crippen molar-refractivity contribution < 1.29 is 9.47 Å². The van der Waals surface area contributed by atoms with Gasteiger partial charge in [0.25, 0.3) is 0 Å². The number of hydrogen-bond acceptors (Lipinski definition) is 3. The minimum absolute atomic E-state index is 0.401. The molecule has 1 heterocycles. The summed E-state index contributed by atoms with van der Waals surface area (Å²) in [7, 11) is 0.734. The molecule has 0 aromatic rings. The van der Waals surface area contributed by atoms with Crippen LogP contribution >= 0.6 is 0 Å². The van der Waals surface area contributed by atoms with E-state index in [9.17, 15) is 0 Å². The summed E-state index contributed by atoms with van der Waals surface area (Å²) >= 11 is 0. The zero-order chi connectivity index (χ0) is 12.1. The molecule has 1 aliphatic rings.